The average Bonchev–Trinajstić information content (AvgIpc) is 2.34. The molecule has 1 unspecified atom stereocenters. The largest absolute Gasteiger partial charge is 1.00 e. The van der Waals surface area contributed by atoms with Crippen LogP contribution in [0.5, 0.6) is 11.5 Å². The van der Waals surface area contributed by atoms with E-state index >= 15 is 0 Å². The van der Waals surface area contributed by atoms with Crippen LogP contribution < -0.4 is 21.9 Å². The van der Waals surface area contributed by atoms with Crippen LogP contribution in [0.25, 0.3) is 0 Å². The zero-order chi connectivity index (χ0) is 14.5. The van der Waals surface area contributed by atoms with Crippen LogP contribution in [0.15, 0.2) is 18.2 Å². The molecule has 0 aliphatic heterocycles. The summed E-state index contributed by atoms with van der Waals surface area (Å²) in [6.45, 7) is 0.779. The minimum absolute atomic E-state index is 0. The lowest BCUT2D eigenvalue weighted by Gasteiger charge is -2.26. The van der Waals surface area contributed by atoms with Crippen molar-refractivity contribution in [3.8, 4) is 11.5 Å². The highest BCUT2D eigenvalue weighted by Gasteiger charge is 2.17. The topological polar surface area (TPSA) is 55.8 Å². The van der Waals surface area contributed by atoms with E-state index in [0.29, 0.717) is 28.1 Å². The fourth-order valence-electron chi connectivity index (χ4n) is 1.75. The second-order valence-corrected chi connectivity index (χ2v) is 5.47. The van der Waals surface area contributed by atoms with E-state index in [1.54, 1.807) is 18.2 Å². The maximum absolute atomic E-state index is 10.7. The van der Waals surface area contributed by atoms with Gasteiger partial charge in [-0.3, -0.25) is 4.79 Å². The van der Waals surface area contributed by atoms with E-state index in [4.69, 9.17) is 9.47 Å². The lowest BCUT2D eigenvalue weighted by atomic mass is 10.2. The van der Waals surface area contributed by atoms with Crippen LogP contribution >= 0.6 is 0 Å². The number of aliphatic hydroxyl groups is 1. The Hall–Kier alpha value is -1.30. The number of hydrogen-bond acceptors (Lipinski definition) is 4. The van der Waals surface area contributed by atoms with Crippen molar-refractivity contribution in [2.45, 2.75) is 6.10 Å². The van der Waals surface area contributed by atoms with Gasteiger partial charge < -0.3 is 31.5 Å². The fraction of sp³-hybridized carbons (Fsp3) is 0.500. The van der Waals surface area contributed by atoms with Crippen LogP contribution in [-0.2, 0) is 0 Å². The maximum Gasteiger partial charge on any atom is 0.161 e. The molecule has 0 bridgehead atoms. The normalized spacial score (nSPS) is 12.2. The minimum Gasteiger partial charge on any atom is -1.00 e. The van der Waals surface area contributed by atoms with Crippen molar-refractivity contribution in [3.63, 3.8) is 0 Å². The summed E-state index contributed by atoms with van der Waals surface area (Å²) in [6.07, 6.45) is 0.188. The molecule has 0 spiro atoms. The van der Waals surface area contributed by atoms with Crippen LogP contribution in [0.2, 0.25) is 0 Å². The summed E-state index contributed by atoms with van der Waals surface area (Å²) in [5.74, 6) is 1.01. The number of halogens is 1. The first-order valence-electron chi connectivity index (χ1n) is 6.10. The second-order valence-electron chi connectivity index (χ2n) is 5.47. The third-order valence-electron chi connectivity index (χ3n) is 2.51. The zero-order valence-electron chi connectivity index (χ0n) is 12.3. The zero-order valence-corrected chi connectivity index (χ0v) is 13.1. The third-order valence-corrected chi connectivity index (χ3v) is 2.51. The Bertz CT molecular complexity index is 432. The third kappa shape index (κ3) is 6.23. The van der Waals surface area contributed by atoms with Gasteiger partial charge in [-0.2, -0.15) is 0 Å². The molecule has 5 nitrogen and oxygen atoms in total. The van der Waals surface area contributed by atoms with Crippen molar-refractivity contribution >= 4 is 6.29 Å². The van der Waals surface area contributed by atoms with Crippen LogP contribution in [0.3, 0.4) is 0 Å². The number of quaternary nitrogens is 1. The van der Waals surface area contributed by atoms with E-state index in [1.807, 2.05) is 21.1 Å². The van der Waals surface area contributed by atoms with Crippen molar-refractivity contribution in [1.29, 1.82) is 0 Å². The Morgan fingerprint density at radius 3 is 2.45 bits per heavy atom. The van der Waals surface area contributed by atoms with E-state index in [1.165, 1.54) is 7.11 Å². The molecule has 1 aromatic carbocycles. The van der Waals surface area contributed by atoms with Crippen LogP contribution in [-0.4, -0.2) is 63.4 Å². The number of carbonyl (C=O) groups is 1. The van der Waals surface area contributed by atoms with Gasteiger partial charge in [-0.25, -0.2) is 0 Å². The molecule has 6 heteroatoms. The molecule has 0 amide bonds. The molecule has 0 aliphatic rings. The van der Waals surface area contributed by atoms with E-state index < -0.39 is 6.10 Å². The molecular formula is C14H22ClNO4. The molecule has 114 valence electrons. The van der Waals surface area contributed by atoms with Gasteiger partial charge >= 0.3 is 0 Å². The van der Waals surface area contributed by atoms with Gasteiger partial charge in [0.1, 0.15) is 25.5 Å². The molecule has 0 aliphatic carbocycles. The first kappa shape index (κ1) is 18.7. The Kier molecular flexibility index (Phi) is 7.57. The molecule has 1 aromatic rings. The van der Waals surface area contributed by atoms with Gasteiger partial charge in [0, 0.05) is 5.56 Å². The van der Waals surface area contributed by atoms with Gasteiger partial charge in [-0.05, 0) is 18.2 Å². The summed E-state index contributed by atoms with van der Waals surface area (Å²) in [5, 5.41) is 9.87. The quantitative estimate of drug-likeness (QED) is 0.466. The number of likely N-dealkylation sites (N-methyl/N-ethyl adjacent to an activating group) is 1. The summed E-state index contributed by atoms with van der Waals surface area (Å²) in [7, 11) is 7.52. The van der Waals surface area contributed by atoms with Crippen LogP contribution in [0.1, 0.15) is 10.4 Å². The molecule has 20 heavy (non-hydrogen) atoms. The van der Waals surface area contributed by atoms with Crippen molar-refractivity contribution in [1.82, 2.24) is 0 Å². The molecular weight excluding hydrogens is 282 g/mol. The highest BCUT2D eigenvalue weighted by molar-refractivity contribution is 5.76. The standard InChI is InChI=1S/C14H22NO4.ClH/c1-15(2,3)8-12(17)10-19-13-6-5-11(9-16)7-14(13)18-4;/h5-7,9,12,17H,8,10H2,1-4H3;1H/q+1;/p-1. The van der Waals surface area contributed by atoms with Crippen molar-refractivity contribution in [3.05, 3.63) is 23.8 Å². The number of hydrogen-bond donors (Lipinski definition) is 1. The molecule has 0 radical (unpaired) electrons. The van der Waals surface area contributed by atoms with Gasteiger partial charge in [-0.1, -0.05) is 0 Å². The Labute approximate surface area is 126 Å². The lowest BCUT2D eigenvalue weighted by molar-refractivity contribution is -0.873. The molecule has 0 saturated carbocycles. The Balaban J connectivity index is 0.00000361. The first-order chi connectivity index (χ1) is 8.85. The Morgan fingerprint density at radius 1 is 1.30 bits per heavy atom. The number of methoxy groups -OCH3 is 1. The number of rotatable bonds is 7. The molecule has 1 N–H and O–H groups in total. The minimum atomic E-state index is -0.560. The number of benzene rings is 1. The van der Waals surface area contributed by atoms with Crippen molar-refractivity contribution < 1.29 is 36.3 Å². The molecule has 0 heterocycles. The molecule has 1 rings (SSSR count). The van der Waals surface area contributed by atoms with E-state index in [0.717, 1.165) is 6.29 Å². The predicted molar refractivity (Wildman–Crippen MR) is 72.8 cm³/mol. The Morgan fingerprint density at radius 2 is 1.95 bits per heavy atom. The lowest BCUT2D eigenvalue weighted by Crippen LogP contribution is -3.00. The van der Waals surface area contributed by atoms with E-state index in [9.17, 15) is 9.90 Å². The molecule has 0 saturated heterocycles. The first-order valence-corrected chi connectivity index (χ1v) is 6.10. The van der Waals surface area contributed by atoms with Crippen molar-refractivity contribution in [2.75, 3.05) is 41.4 Å². The van der Waals surface area contributed by atoms with E-state index in [2.05, 4.69) is 0 Å². The van der Waals surface area contributed by atoms with Gasteiger partial charge in [0.15, 0.2) is 11.5 Å². The van der Waals surface area contributed by atoms with Gasteiger partial charge in [0.05, 0.1) is 28.3 Å². The van der Waals surface area contributed by atoms with Gasteiger partial charge in [0.25, 0.3) is 0 Å². The SMILES string of the molecule is COc1cc(C=O)ccc1OCC(O)C[N+](C)(C)C.[Cl-]. The number of aliphatic hydroxyl groups excluding tert-OH is 1. The number of carbonyl (C=O) groups excluding carboxylic acids is 1. The van der Waals surface area contributed by atoms with Crippen molar-refractivity contribution in [2.24, 2.45) is 0 Å². The van der Waals surface area contributed by atoms with Gasteiger partial charge in [0.2, 0.25) is 0 Å². The van der Waals surface area contributed by atoms with E-state index in [-0.39, 0.29) is 19.0 Å². The highest BCUT2D eigenvalue weighted by atomic mass is 35.5. The van der Waals surface area contributed by atoms with Gasteiger partial charge in [-0.15, -0.1) is 0 Å². The van der Waals surface area contributed by atoms with Crippen LogP contribution in [0, 0.1) is 0 Å². The van der Waals surface area contributed by atoms with Crippen LogP contribution in [0.4, 0.5) is 0 Å². The summed E-state index contributed by atoms with van der Waals surface area (Å²) < 4.78 is 11.3. The number of aldehydes is 1. The second kappa shape index (κ2) is 8.09. The molecule has 1 atom stereocenters. The molecule has 0 fully saturated rings. The number of ether oxygens (including phenoxy) is 2. The fourth-order valence-corrected chi connectivity index (χ4v) is 1.75. The maximum atomic E-state index is 10.7. The summed E-state index contributed by atoms with van der Waals surface area (Å²) >= 11 is 0. The summed E-state index contributed by atoms with van der Waals surface area (Å²) in [4.78, 5) is 10.7. The highest BCUT2D eigenvalue weighted by Crippen LogP contribution is 2.27. The smallest absolute Gasteiger partial charge is 0.161 e. The summed E-state index contributed by atoms with van der Waals surface area (Å²) in [5.41, 5.74) is 0.524. The average molecular weight is 304 g/mol. The number of nitrogens with zero attached hydrogens (tertiary/aromatic N) is 1. The monoisotopic (exact) mass is 303 g/mol. The predicted octanol–water partition coefficient (Wildman–Crippen LogP) is -2.04. The summed E-state index contributed by atoms with van der Waals surface area (Å²) in [6, 6.07) is 4.92. The molecule has 0 aromatic heterocycles.